The van der Waals surface area contributed by atoms with Gasteiger partial charge in [-0.15, -0.1) is 23.2 Å². The first-order chi connectivity index (χ1) is 4.45. The van der Waals surface area contributed by atoms with Crippen LogP contribution in [0.5, 0.6) is 0 Å². The first kappa shape index (κ1) is 9.85. The Morgan fingerprint density at radius 1 is 1.30 bits per heavy atom. The minimum atomic E-state index is -1.21. The monoisotopic (exact) mass is 259 g/mol. The summed E-state index contributed by atoms with van der Waals surface area (Å²) in [5, 5.41) is 0. The lowest BCUT2D eigenvalue weighted by Crippen LogP contribution is -2.27. The van der Waals surface area contributed by atoms with E-state index in [4.69, 9.17) is 58.2 Å². The third-order valence-corrected chi connectivity index (χ3v) is 4.87. The van der Waals surface area contributed by atoms with Gasteiger partial charge in [0.15, 0.2) is 0 Å². The molecular formula is C3H2Cl5NS. The number of hydrogen-bond acceptors (Lipinski definition) is 2. The third kappa shape index (κ3) is 1.74. The molecule has 10 heavy (non-hydrogen) atoms. The van der Waals surface area contributed by atoms with Crippen molar-refractivity contribution in [2.75, 3.05) is 0 Å². The number of hydrogen-bond donors (Lipinski definition) is 0. The quantitative estimate of drug-likeness (QED) is 0.373. The highest BCUT2D eigenvalue weighted by molar-refractivity contribution is 8.05. The second-order valence-corrected chi connectivity index (χ2v) is 6.25. The van der Waals surface area contributed by atoms with E-state index < -0.39 is 9.29 Å². The fraction of sp³-hybridized carbons (Fsp3) is 1.00. The molecule has 0 bridgehead atoms. The summed E-state index contributed by atoms with van der Waals surface area (Å²) in [5.74, 6) is 0. The van der Waals surface area contributed by atoms with Crippen LogP contribution in [0.4, 0.5) is 0 Å². The molecule has 0 aliphatic carbocycles. The van der Waals surface area contributed by atoms with Crippen molar-refractivity contribution in [3.63, 3.8) is 0 Å². The molecule has 0 N–H and O–H groups in total. The molecule has 2 atom stereocenters. The first-order valence-corrected chi connectivity index (χ1v) is 5.08. The van der Waals surface area contributed by atoms with Crippen molar-refractivity contribution in [2.45, 2.75) is 14.0 Å². The summed E-state index contributed by atoms with van der Waals surface area (Å²) in [4.78, 5) is 0. The number of thioether (sulfide) groups is 1. The SMILES string of the molecule is ClC1SC(Cl)(Cl)N(Cl)C1Cl. The van der Waals surface area contributed by atoms with Gasteiger partial charge in [-0.2, -0.15) is 4.42 Å². The molecule has 0 aromatic heterocycles. The average Bonchev–Trinajstić information content (AvgIpc) is 1.95. The summed E-state index contributed by atoms with van der Waals surface area (Å²) in [6.07, 6.45) is 0. The maximum Gasteiger partial charge on any atom is 0.234 e. The van der Waals surface area contributed by atoms with Crippen molar-refractivity contribution in [3.05, 3.63) is 0 Å². The normalized spacial score (nSPS) is 40.5. The van der Waals surface area contributed by atoms with Gasteiger partial charge in [0.1, 0.15) is 10.2 Å². The second kappa shape index (κ2) is 3.25. The van der Waals surface area contributed by atoms with Gasteiger partial charge in [-0.05, 0) is 11.8 Å². The number of halogens is 5. The van der Waals surface area contributed by atoms with E-state index >= 15 is 0 Å². The van der Waals surface area contributed by atoms with Crippen LogP contribution < -0.4 is 0 Å². The van der Waals surface area contributed by atoms with Crippen molar-refractivity contribution in [1.82, 2.24) is 4.42 Å². The predicted molar refractivity (Wildman–Crippen MR) is 49.0 cm³/mol. The molecule has 1 fully saturated rings. The molecule has 60 valence electrons. The maximum absolute atomic E-state index is 5.68. The van der Waals surface area contributed by atoms with Gasteiger partial charge in [0, 0.05) is 0 Å². The topological polar surface area (TPSA) is 3.24 Å². The molecule has 2 unspecified atom stereocenters. The summed E-state index contributed by atoms with van der Waals surface area (Å²) >= 11 is 29.3. The number of nitrogens with zero attached hydrogens (tertiary/aromatic N) is 1. The fourth-order valence-electron chi connectivity index (χ4n) is 0.488. The second-order valence-electron chi connectivity index (χ2n) is 1.64. The summed E-state index contributed by atoms with van der Waals surface area (Å²) in [6, 6.07) is 0. The molecule has 1 heterocycles. The Hall–Kier alpha value is 1.76. The smallest absolute Gasteiger partial charge is 0.156 e. The maximum atomic E-state index is 5.68. The molecule has 0 radical (unpaired) electrons. The van der Waals surface area contributed by atoms with Crippen LogP contribution in [0.2, 0.25) is 0 Å². The van der Waals surface area contributed by atoms with Crippen molar-refractivity contribution < 1.29 is 0 Å². The van der Waals surface area contributed by atoms with Gasteiger partial charge in [0.25, 0.3) is 0 Å². The standard InChI is InChI=1S/C3H2Cl5NS/c4-1-2(5)10-3(6,7)9(1)8/h1-2H. The van der Waals surface area contributed by atoms with Crippen LogP contribution in [0.25, 0.3) is 0 Å². The van der Waals surface area contributed by atoms with Gasteiger partial charge < -0.3 is 0 Å². The van der Waals surface area contributed by atoms with Crippen molar-refractivity contribution >= 4 is 69.9 Å². The van der Waals surface area contributed by atoms with Crippen LogP contribution in [0.1, 0.15) is 0 Å². The Balaban J connectivity index is 2.71. The molecule has 1 rings (SSSR count). The van der Waals surface area contributed by atoms with E-state index in [2.05, 4.69) is 0 Å². The van der Waals surface area contributed by atoms with Gasteiger partial charge in [0.2, 0.25) is 3.79 Å². The lowest BCUT2D eigenvalue weighted by atomic mass is 10.7. The van der Waals surface area contributed by atoms with Crippen molar-refractivity contribution in [2.24, 2.45) is 0 Å². The lowest BCUT2D eigenvalue weighted by Gasteiger charge is -2.18. The predicted octanol–water partition coefficient (Wildman–Crippen LogP) is 3.41. The van der Waals surface area contributed by atoms with Crippen molar-refractivity contribution in [3.8, 4) is 0 Å². The molecule has 0 aromatic rings. The highest BCUT2D eigenvalue weighted by atomic mass is 35.5. The highest BCUT2D eigenvalue weighted by Crippen LogP contribution is 2.53. The Kier molecular flexibility index (Phi) is 3.20. The van der Waals surface area contributed by atoms with Gasteiger partial charge in [0.05, 0.1) is 0 Å². The largest absolute Gasteiger partial charge is 0.234 e. The Labute approximate surface area is 88.0 Å². The zero-order valence-electron chi connectivity index (χ0n) is 4.40. The first-order valence-electron chi connectivity index (χ1n) is 2.24. The van der Waals surface area contributed by atoms with Crippen LogP contribution >= 0.6 is 69.9 Å². The van der Waals surface area contributed by atoms with Crippen LogP contribution in [-0.4, -0.2) is 18.4 Å². The van der Waals surface area contributed by atoms with Crippen molar-refractivity contribution in [1.29, 1.82) is 0 Å². The molecule has 1 aliphatic heterocycles. The Morgan fingerprint density at radius 3 is 1.90 bits per heavy atom. The number of rotatable bonds is 0. The molecule has 1 nitrogen and oxygen atoms in total. The Morgan fingerprint density at radius 2 is 1.80 bits per heavy atom. The van der Waals surface area contributed by atoms with Gasteiger partial charge in [-0.25, -0.2) is 0 Å². The Bertz CT molecular complexity index is 141. The van der Waals surface area contributed by atoms with Gasteiger partial charge >= 0.3 is 0 Å². The minimum Gasteiger partial charge on any atom is -0.156 e. The zero-order valence-corrected chi connectivity index (χ0v) is 9.00. The van der Waals surface area contributed by atoms with E-state index in [1.165, 1.54) is 0 Å². The number of alkyl halides is 4. The molecule has 7 heteroatoms. The third-order valence-electron chi connectivity index (χ3n) is 0.936. The molecule has 1 saturated heterocycles. The summed E-state index contributed by atoms with van der Waals surface area (Å²) in [7, 11) is 0. The summed E-state index contributed by atoms with van der Waals surface area (Å²) in [6.45, 7) is 0. The van der Waals surface area contributed by atoms with Gasteiger partial charge in [-0.1, -0.05) is 35.0 Å². The van der Waals surface area contributed by atoms with Gasteiger partial charge in [-0.3, -0.25) is 0 Å². The van der Waals surface area contributed by atoms with E-state index in [1.807, 2.05) is 0 Å². The van der Waals surface area contributed by atoms with Crippen LogP contribution in [0.15, 0.2) is 0 Å². The lowest BCUT2D eigenvalue weighted by molar-refractivity contribution is 0.481. The molecule has 0 aromatic carbocycles. The molecule has 0 amide bonds. The van der Waals surface area contributed by atoms with E-state index in [-0.39, 0.29) is 4.71 Å². The van der Waals surface area contributed by atoms with Crippen LogP contribution in [0.3, 0.4) is 0 Å². The fourth-order valence-corrected chi connectivity index (χ4v) is 3.58. The van der Waals surface area contributed by atoms with E-state index in [9.17, 15) is 0 Å². The summed E-state index contributed by atoms with van der Waals surface area (Å²) < 4.78 is -0.505. The minimum absolute atomic E-state index is 0.380. The zero-order chi connectivity index (χ0) is 7.94. The average molecular weight is 261 g/mol. The molecule has 1 aliphatic rings. The van der Waals surface area contributed by atoms with E-state index in [0.717, 1.165) is 16.2 Å². The highest BCUT2D eigenvalue weighted by Gasteiger charge is 2.49. The molecular weight excluding hydrogens is 259 g/mol. The van der Waals surface area contributed by atoms with Crippen LogP contribution in [0, 0.1) is 0 Å². The van der Waals surface area contributed by atoms with E-state index in [1.54, 1.807) is 0 Å². The molecule has 0 saturated carbocycles. The van der Waals surface area contributed by atoms with E-state index in [0.29, 0.717) is 0 Å². The molecule has 0 spiro atoms. The van der Waals surface area contributed by atoms with Crippen LogP contribution in [-0.2, 0) is 0 Å². The summed E-state index contributed by atoms with van der Waals surface area (Å²) in [5.41, 5.74) is -0.539.